The van der Waals surface area contributed by atoms with Gasteiger partial charge in [0, 0.05) is 39.4 Å². The number of piperazine rings is 1. The van der Waals surface area contributed by atoms with Crippen molar-refractivity contribution in [1.82, 2.24) is 24.8 Å². The number of hydrogen-bond donors (Lipinski definition) is 1. The summed E-state index contributed by atoms with van der Waals surface area (Å²) in [5, 5.41) is 7.82. The summed E-state index contributed by atoms with van der Waals surface area (Å²) >= 11 is 0. The number of rotatable bonds is 2. The van der Waals surface area contributed by atoms with Gasteiger partial charge in [-0.15, -0.1) is 5.10 Å². The van der Waals surface area contributed by atoms with E-state index in [1.165, 1.54) is 0 Å². The molecular formula is C14H20N6O. The van der Waals surface area contributed by atoms with E-state index >= 15 is 0 Å². The van der Waals surface area contributed by atoms with Crippen LogP contribution in [-0.4, -0.2) is 65.2 Å². The molecular weight excluding hydrogens is 268 g/mol. The molecule has 3 heterocycles. The Bertz CT molecular complexity index is 665. The molecule has 7 heteroatoms. The van der Waals surface area contributed by atoms with Gasteiger partial charge in [-0.25, -0.2) is 4.52 Å². The minimum Gasteiger partial charge on any atom is -0.347 e. The van der Waals surface area contributed by atoms with E-state index < -0.39 is 0 Å². The lowest BCUT2D eigenvalue weighted by Crippen LogP contribution is -2.58. The standard InChI is InChI=1S/C14H20N6O/c1-10-5-4-6-12-16-14(17-20(10)12)19-8-7-15-9-11(19)13(21)18(2)3/h4-6,11,15H,7-9H2,1-3H3. The first-order valence-electron chi connectivity index (χ1n) is 7.09. The van der Waals surface area contributed by atoms with E-state index in [1.807, 2.05) is 34.5 Å². The first-order valence-corrected chi connectivity index (χ1v) is 7.09. The molecule has 1 atom stereocenters. The van der Waals surface area contributed by atoms with Crippen LogP contribution in [0.3, 0.4) is 0 Å². The van der Waals surface area contributed by atoms with Crippen LogP contribution in [0.1, 0.15) is 5.69 Å². The molecule has 112 valence electrons. The molecule has 0 aliphatic carbocycles. The predicted molar refractivity (Wildman–Crippen MR) is 80.4 cm³/mol. The highest BCUT2D eigenvalue weighted by Crippen LogP contribution is 2.17. The van der Waals surface area contributed by atoms with E-state index in [9.17, 15) is 4.79 Å². The maximum absolute atomic E-state index is 12.3. The van der Waals surface area contributed by atoms with Crippen LogP contribution in [0.25, 0.3) is 5.65 Å². The van der Waals surface area contributed by atoms with E-state index in [4.69, 9.17) is 0 Å². The Morgan fingerprint density at radius 1 is 1.43 bits per heavy atom. The average molecular weight is 288 g/mol. The summed E-state index contributed by atoms with van der Waals surface area (Å²) in [5.74, 6) is 0.684. The molecule has 0 bridgehead atoms. The van der Waals surface area contributed by atoms with Gasteiger partial charge in [0.05, 0.1) is 0 Å². The number of amides is 1. The lowest BCUT2D eigenvalue weighted by atomic mass is 10.2. The Morgan fingerprint density at radius 3 is 2.95 bits per heavy atom. The number of likely N-dealkylation sites (N-methyl/N-ethyl adjacent to an activating group) is 1. The Kier molecular flexibility index (Phi) is 3.50. The third-order valence-electron chi connectivity index (χ3n) is 3.76. The molecule has 0 spiro atoms. The van der Waals surface area contributed by atoms with Gasteiger partial charge in [0.2, 0.25) is 11.9 Å². The third-order valence-corrected chi connectivity index (χ3v) is 3.76. The van der Waals surface area contributed by atoms with Crippen LogP contribution in [0.15, 0.2) is 18.2 Å². The summed E-state index contributed by atoms with van der Waals surface area (Å²) in [4.78, 5) is 20.5. The Hall–Kier alpha value is -2.15. The van der Waals surface area contributed by atoms with Gasteiger partial charge in [-0.05, 0) is 19.1 Å². The summed E-state index contributed by atoms with van der Waals surface area (Å²) in [6, 6.07) is 5.62. The van der Waals surface area contributed by atoms with Gasteiger partial charge in [-0.3, -0.25) is 4.79 Å². The van der Waals surface area contributed by atoms with E-state index in [0.29, 0.717) is 12.5 Å². The summed E-state index contributed by atoms with van der Waals surface area (Å²) in [7, 11) is 3.55. The molecule has 1 saturated heterocycles. The topological polar surface area (TPSA) is 65.8 Å². The fourth-order valence-electron chi connectivity index (χ4n) is 2.61. The van der Waals surface area contributed by atoms with E-state index in [0.717, 1.165) is 24.4 Å². The molecule has 7 nitrogen and oxygen atoms in total. The van der Waals surface area contributed by atoms with E-state index in [1.54, 1.807) is 19.0 Å². The lowest BCUT2D eigenvalue weighted by Gasteiger charge is -2.35. The maximum atomic E-state index is 12.3. The zero-order valence-electron chi connectivity index (χ0n) is 12.6. The van der Waals surface area contributed by atoms with Gasteiger partial charge < -0.3 is 15.1 Å². The van der Waals surface area contributed by atoms with Crippen LogP contribution in [0.2, 0.25) is 0 Å². The Labute approximate surface area is 123 Å². The lowest BCUT2D eigenvalue weighted by molar-refractivity contribution is -0.130. The fraction of sp³-hybridized carbons (Fsp3) is 0.500. The highest BCUT2D eigenvalue weighted by atomic mass is 16.2. The van der Waals surface area contributed by atoms with Gasteiger partial charge in [-0.1, -0.05) is 6.07 Å². The predicted octanol–water partition coefficient (Wildman–Crippen LogP) is -0.0959. The van der Waals surface area contributed by atoms with Crippen LogP contribution in [0.5, 0.6) is 0 Å². The number of pyridine rings is 1. The third kappa shape index (κ3) is 2.44. The van der Waals surface area contributed by atoms with Crippen molar-refractivity contribution in [2.45, 2.75) is 13.0 Å². The number of nitrogens with zero attached hydrogens (tertiary/aromatic N) is 5. The first kappa shape index (κ1) is 13.8. The molecule has 1 fully saturated rings. The molecule has 1 aliphatic heterocycles. The number of hydrogen-bond acceptors (Lipinski definition) is 5. The Morgan fingerprint density at radius 2 is 2.24 bits per heavy atom. The maximum Gasteiger partial charge on any atom is 0.246 e. The van der Waals surface area contributed by atoms with Gasteiger partial charge in [0.25, 0.3) is 0 Å². The smallest absolute Gasteiger partial charge is 0.246 e. The Balaban J connectivity index is 1.98. The normalized spacial score (nSPS) is 19.0. The van der Waals surface area contributed by atoms with Gasteiger partial charge in [0.15, 0.2) is 5.65 Å². The molecule has 0 aromatic carbocycles. The van der Waals surface area contributed by atoms with Crippen molar-refractivity contribution in [3.05, 3.63) is 23.9 Å². The number of aryl methyl sites for hydroxylation is 1. The number of carbonyl (C=O) groups excluding carboxylic acids is 1. The number of aromatic nitrogens is 3. The summed E-state index contributed by atoms with van der Waals surface area (Å²) in [5.41, 5.74) is 1.83. The molecule has 2 aromatic rings. The molecule has 1 amide bonds. The number of fused-ring (bicyclic) bond motifs is 1. The SMILES string of the molecule is Cc1cccc2nc(N3CCNCC3C(=O)N(C)C)nn12. The van der Waals surface area contributed by atoms with Crippen LogP contribution < -0.4 is 10.2 Å². The van der Waals surface area contributed by atoms with Crippen LogP contribution in [0, 0.1) is 6.92 Å². The highest BCUT2D eigenvalue weighted by molar-refractivity contribution is 5.85. The largest absolute Gasteiger partial charge is 0.347 e. The summed E-state index contributed by atoms with van der Waals surface area (Å²) in [6.45, 7) is 4.16. The second kappa shape index (κ2) is 5.33. The summed E-state index contributed by atoms with van der Waals surface area (Å²) in [6.07, 6.45) is 0. The van der Waals surface area contributed by atoms with Gasteiger partial charge >= 0.3 is 0 Å². The average Bonchev–Trinajstić information content (AvgIpc) is 2.92. The van der Waals surface area contributed by atoms with Gasteiger partial charge in [-0.2, -0.15) is 4.98 Å². The van der Waals surface area contributed by atoms with Crippen molar-refractivity contribution in [3.63, 3.8) is 0 Å². The minimum atomic E-state index is -0.258. The molecule has 1 aliphatic rings. The van der Waals surface area contributed by atoms with E-state index in [2.05, 4.69) is 15.4 Å². The molecule has 1 unspecified atom stereocenters. The van der Waals surface area contributed by atoms with Crippen molar-refractivity contribution in [1.29, 1.82) is 0 Å². The first-order chi connectivity index (χ1) is 10.1. The minimum absolute atomic E-state index is 0.0674. The second-order valence-electron chi connectivity index (χ2n) is 5.49. The fourth-order valence-corrected chi connectivity index (χ4v) is 2.61. The van der Waals surface area contributed by atoms with E-state index in [-0.39, 0.29) is 11.9 Å². The van der Waals surface area contributed by atoms with Crippen molar-refractivity contribution in [3.8, 4) is 0 Å². The molecule has 1 N–H and O–H groups in total. The van der Waals surface area contributed by atoms with Crippen molar-refractivity contribution in [2.75, 3.05) is 38.6 Å². The molecule has 0 saturated carbocycles. The molecule has 2 aromatic heterocycles. The molecule has 0 radical (unpaired) electrons. The van der Waals surface area contributed by atoms with Gasteiger partial charge in [0.1, 0.15) is 6.04 Å². The summed E-state index contributed by atoms with van der Waals surface area (Å²) < 4.78 is 1.81. The second-order valence-corrected chi connectivity index (χ2v) is 5.49. The van der Waals surface area contributed by atoms with Crippen molar-refractivity contribution >= 4 is 17.5 Å². The zero-order chi connectivity index (χ0) is 15.0. The van der Waals surface area contributed by atoms with Crippen LogP contribution >= 0.6 is 0 Å². The highest BCUT2D eigenvalue weighted by Gasteiger charge is 2.32. The monoisotopic (exact) mass is 288 g/mol. The number of carbonyl (C=O) groups is 1. The molecule has 21 heavy (non-hydrogen) atoms. The van der Waals surface area contributed by atoms with Crippen LogP contribution in [-0.2, 0) is 4.79 Å². The number of nitrogens with one attached hydrogen (secondary N) is 1. The van der Waals surface area contributed by atoms with Crippen molar-refractivity contribution in [2.24, 2.45) is 0 Å². The van der Waals surface area contributed by atoms with Crippen LogP contribution in [0.4, 0.5) is 5.95 Å². The molecule has 3 rings (SSSR count). The zero-order valence-corrected chi connectivity index (χ0v) is 12.6. The quantitative estimate of drug-likeness (QED) is 0.836. The number of anilines is 1. The van der Waals surface area contributed by atoms with Crippen molar-refractivity contribution < 1.29 is 4.79 Å².